The lowest BCUT2D eigenvalue weighted by atomic mass is 9.98. The Morgan fingerprint density at radius 3 is 2.33 bits per heavy atom. The number of nitrogens with zero attached hydrogens (tertiary/aromatic N) is 2. The fourth-order valence-corrected chi connectivity index (χ4v) is 2.27. The Morgan fingerprint density at radius 2 is 1.83 bits per heavy atom. The van der Waals surface area contributed by atoms with E-state index in [-0.39, 0.29) is 5.91 Å². The predicted molar refractivity (Wildman–Crippen MR) is 75.6 cm³/mol. The number of amides is 1. The van der Waals surface area contributed by atoms with Crippen LogP contribution < -0.4 is 5.32 Å². The van der Waals surface area contributed by atoms with Gasteiger partial charge in [0.1, 0.15) is 0 Å². The molecule has 0 spiro atoms. The highest BCUT2D eigenvalue weighted by atomic mass is 16.1. The molecule has 2 atom stereocenters. The smallest absolute Gasteiger partial charge is 0.219 e. The molecule has 1 unspecified atom stereocenters. The fraction of sp³-hybridized carbons (Fsp3) is 0.929. The van der Waals surface area contributed by atoms with Gasteiger partial charge in [-0.3, -0.25) is 9.69 Å². The Labute approximate surface area is 112 Å². The van der Waals surface area contributed by atoms with Gasteiger partial charge in [-0.05, 0) is 13.0 Å². The molecule has 0 aromatic rings. The number of hydrogen-bond donors (Lipinski definition) is 1. The van der Waals surface area contributed by atoms with Gasteiger partial charge in [0.15, 0.2) is 0 Å². The summed E-state index contributed by atoms with van der Waals surface area (Å²) < 4.78 is 0. The van der Waals surface area contributed by atoms with Gasteiger partial charge in [-0.15, -0.1) is 0 Å². The molecule has 0 saturated carbocycles. The van der Waals surface area contributed by atoms with E-state index in [1.54, 1.807) is 0 Å². The van der Waals surface area contributed by atoms with E-state index in [9.17, 15) is 4.79 Å². The highest BCUT2D eigenvalue weighted by Gasteiger charge is 2.22. The first kappa shape index (κ1) is 15.4. The van der Waals surface area contributed by atoms with Gasteiger partial charge in [-0.25, -0.2) is 0 Å². The van der Waals surface area contributed by atoms with Crippen LogP contribution in [0.4, 0.5) is 0 Å². The topological polar surface area (TPSA) is 35.6 Å². The number of rotatable bonds is 6. The van der Waals surface area contributed by atoms with E-state index in [1.807, 2.05) is 6.92 Å². The maximum Gasteiger partial charge on any atom is 0.219 e. The molecule has 0 aromatic heterocycles. The molecular weight excluding hydrogens is 226 g/mol. The molecule has 18 heavy (non-hydrogen) atoms. The van der Waals surface area contributed by atoms with E-state index < -0.39 is 0 Å². The summed E-state index contributed by atoms with van der Waals surface area (Å²) in [4.78, 5) is 16.4. The zero-order chi connectivity index (χ0) is 13.5. The highest BCUT2D eigenvalue weighted by Crippen LogP contribution is 2.11. The molecule has 0 bridgehead atoms. The van der Waals surface area contributed by atoms with E-state index >= 15 is 0 Å². The standard InChI is InChI=1S/C14H29N3O/c1-5-12(3)13(15-14(18)6-2)11-17-9-7-16(4)8-10-17/h12-13H,5-11H2,1-4H3,(H,15,18)/t12?,13-/m0/s1. The number of nitrogens with one attached hydrogen (secondary N) is 1. The molecule has 106 valence electrons. The summed E-state index contributed by atoms with van der Waals surface area (Å²) in [7, 11) is 2.17. The lowest BCUT2D eigenvalue weighted by Crippen LogP contribution is -2.52. The normalized spacial score (nSPS) is 21.6. The van der Waals surface area contributed by atoms with E-state index in [2.05, 4.69) is 36.0 Å². The van der Waals surface area contributed by atoms with Crippen molar-refractivity contribution in [2.24, 2.45) is 5.92 Å². The maximum absolute atomic E-state index is 11.6. The van der Waals surface area contributed by atoms with Crippen LogP contribution in [0.5, 0.6) is 0 Å². The summed E-state index contributed by atoms with van der Waals surface area (Å²) in [5.41, 5.74) is 0. The molecule has 1 aliphatic rings. The van der Waals surface area contributed by atoms with Crippen molar-refractivity contribution in [1.82, 2.24) is 15.1 Å². The summed E-state index contributed by atoms with van der Waals surface area (Å²) in [6.45, 7) is 11.8. The Morgan fingerprint density at radius 1 is 1.22 bits per heavy atom. The molecule has 1 fully saturated rings. The Hall–Kier alpha value is -0.610. The number of likely N-dealkylation sites (N-methyl/N-ethyl adjacent to an activating group) is 1. The van der Waals surface area contributed by atoms with Crippen LogP contribution in [-0.2, 0) is 4.79 Å². The van der Waals surface area contributed by atoms with Crippen molar-refractivity contribution in [3.8, 4) is 0 Å². The third kappa shape index (κ3) is 4.94. The quantitative estimate of drug-likeness (QED) is 0.774. The summed E-state index contributed by atoms with van der Waals surface area (Å²) >= 11 is 0. The van der Waals surface area contributed by atoms with E-state index in [4.69, 9.17) is 0 Å². The van der Waals surface area contributed by atoms with E-state index in [0.717, 1.165) is 39.1 Å². The number of carbonyl (C=O) groups is 1. The van der Waals surface area contributed by atoms with E-state index in [0.29, 0.717) is 18.4 Å². The third-order valence-corrected chi connectivity index (χ3v) is 4.05. The lowest BCUT2D eigenvalue weighted by molar-refractivity contribution is -0.122. The van der Waals surface area contributed by atoms with Crippen molar-refractivity contribution in [2.45, 2.75) is 39.7 Å². The van der Waals surface area contributed by atoms with Crippen LogP contribution in [0.2, 0.25) is 0 Å². The summed E-state index contributed by atoms with van der Waals surface area (Å²) in [5.74, 6) is 0.717. The molecule has 1 aliphatic heterocycles. The maximum atomic E-state index is 11.6. The highest BCUT2D eigenvalue weighted by molar-refractivity contribution is 5.75. The Balaban J connectivity index is 2.47. The summed E-state index contributed by atoms with van der Waals surface area (Å²) in [5, 5.41) is 3.18. The largest absolute Gasteiger partial charge is 0.352 e. The second kappa shape index (κ2) is 7.74. The minimum atomic E-state index is 0.175. The van der Waals surface area contributed by atoms with Crippen molar-refractivity contribution in [2.75, 3.05) is 39.8 Å². The minimum Gasteiger partial charge on any atom is -0.352 e. The third-order valence-electron chi connectivity index (χ3n) is 4.05. The minimum absolute atomic E-state index is 0.175. The molecule has 1 amide bonds. The SMILES string of the molecule is CCC(=O)N[C@@H](CN1CCN(C)CC1)C(C)CC. The summed E-state index contributed by atoms with van der Waals surface area (Å²) in [6.07, 6.45) is 1.69. The van der Waals surface area contributed by atoms with Crippen molar-refractivity contribution < 1.29 is 4.79 Å². The average molecular weight is 255 g/mol. The van der Waals surface area contributed by atoms with Crippen LogP contribution in [0, 0.1) is 5.92 Å². The zero-order valence-corrected chi connectivity index (χ0v) is 12.4. The molecule has 1 N–H and O–H groups in total. The van der Waals surface area contributed by atoms with Crippen LogP contribution in [0.3, 0.4) is 0 Å². The first-order valence-corrected chi connectivity index (χ1v) is 7.27. The predicted octanol–water partition coefficient (Wildman–Crippen LogP) is 1.17. The summed E-state index contributed by atoms with van der Waals surface area (Å²) in [6, 6.07) is 0.297. The van der Waals surface area contributed by atoms with E-state index in [1.165, 1.54) is 0 Å². The van der Waals surface area contributed by atoms with Crippen LogP contribution in [-0.4, -0.2) is 61.5 Å². The van der Waals surface area contributed by atoms with Crippen LogP contribution >= 0.6 is 0 Å². The molecule has 4 nitrogen and oxygen atoms in total. The first-order chi connectivity index (χ1) is 8.56. The van der Waals surface area contributed by atoms with Gasteiger partial charge in [0.25, 0.3) is 0 Å². The number of piperazine rings is 1. The molecule has 1 heterocycles. The molecule has 0 radical (unpaired) electrons. The number of carbonyl (C=O) groups excluding carboxylic acids is 1. The first-order valence-electron chi connectivity index (χ1n) is 7.27. The second-order valence-corrected chi connectivity index (χ2v) is 5.52. The van der Waals surface area contributed by atoms with Crippen molar-refractivity contribution in [1.29, 1.82) is 0 Å². The van der Waals surface area contributed by atoms with Gasteiger partial charge in [0.2, 0.25) is 5.91 Å². The number of hydrogen-bond acceptors (Lipinski definition) is 3. The van der Waals surface area contributed by atoms with Crippen molar-refractivity contribution >= 4 is 5.91 Å². The van der Waals surface area contributed by atoms with Gasteiger partial charge in [-0.1, -0.05) is 27.2 Å². The van der Waals surface area contributed by atoms with Crippen molar-refractivity contribution in [3.63, 3.8) is 0 Å². The Kier molecular flexibility index (Phi) is 6.65. The molecule has 0 aliphatic carbocycles. The average Bonchev–Trinajstić information content (AvgIpc) is 2.39. The monoisotopic (exact) mass is 255 g/mol. The van der Waals surface area contributed by atoms with Crippen LogP contribution in [0.1, 0.15) is 33.6 Å². The molecule has 1 rings (SSSR count). The van der Waals surface area contributed by atoms with Gasteiger partial charge < -0.3 is 10.2 Å². The van der Waals surface area contributed by atoms with Crippen LogP contribution in [0.25, 0.3) is 0 Å². The Bertz CT molecular complexity index is 249. The van der Waals surface area contributed by atoms with Gasteiger partial charge in [0, 0.05) is 45.2 Å². The van der Waals surface area contributed by atoms with Gasteiger partial charge >= 0.3 is 0 Å². The molecule has 4 heteroatoms. The second-order valence-electron chi connectivity index (χ2n) is 5.52. The molecule has 0 aromatic carbocycles. The fourth-order valence-electron chi connectivity index (χ4n) is 2.27. The molecule has 1 saturated heterocycles. The van der Waals surface area contributed by atoms with Gasteiger partial charge in [-0.2, -0.15) is 0 Å². The van der Waals surface area contributed by atoms with Crippen LogP contribution in [0.15, 0.2) is 0 Å². The molecular formula is C14H29N3O. The van der Waals surface area contributed by atoms with Gasteiger partial charge in [0.05, 0.1) is 0 Å². The van der Waals surface area contributed by atoms with Crippen molar-refractivity contribution in [3.05, 3.63) is 0 Å². The lowest BCUT2D eigenvalue weighted by Gasteiger charge is -2.36. The zero-order valence-electron chi connectivity index (χ0n) is 12.4.